The molecule has 2 amide bonds. The number of rotatable bonds is 10. The van der Waals surface area contributed by atoms with E-state index in [0.29, 0.717) is 5.75 Å². The highest BCUT2D eigenvalue weighted by atomic mass is 35.5. The standard InChI is InChI=1S/C25H31ClFN3O5S/c1-17(25(32)28-19-9-5-6-10-19)29(15-18-8-4-7-11-22(18)27)24(31)16-30(36(3,33)34)20-12-13-23(35-2)21(26)14-20/h4,7-8,11-14,17,19H,5-6,9-10,15-16H2,1-3H3,(H,28,32)/t17-/m1/s1. The minimum absolute atomic E-state index is 0.0272. The Morgan fingerprint density at radius 2 is 1.86 bits per heavy atom. The van der Waals surface area contributed by atoms with Crippen LogP contribution in [0.5, 0.6) is 5.75 Å². The maximum Gasteiger partial charge on any atom is 0.244 e. The zero-order chi connectivity index (χ0) is 26.5. The topological polar surface area (TPSA) is 96.0 Å². The molecule has 0 aliphatic heterocycles. The molecule has 11 heteroatoms. The van der Waals surface area contributed by atoms with E-state index in [2.05, 4.69) is 5.32 Å². The third-order valence-electron chi connectivity index (χ3n) is 6.27. The third kappa shape index (κ3) is 6.88. The van der Waals surface area contributed by atoms with Crippen molar-refractivity contribution >= 4 is 39.1 Å². The summed E-state index contributed by atoms with van der Waals surface area (Å²) in [5.74, 6) is -1.21. The lowest BCUT2D eigenvalue weighted by atomic mass is 10.1. The molecule has 196 valence electrons. The zero-order valence-corrected chi connectivity index (χ0v) is 22.1. The van der Waals surface area contributed by atoms with Gasteiger partial charge in [0, 0.05) is 18.2 Å². The van der Waals surface area contributed by atoms with Crippen molar-refractivity contribution in [3.63, 3.8) is 0 Å². The Morgan fingerprint density at radius 1 is 1.19 bits per heavy atom. The van der Waals surface area contributed by atoms with Crippen LogP contribution in [0.25, 0.3) is 0 Å². The number of anilines is 1. The van der Waals surface area contributed by atoms with Crippen molar-refractivity contribution in [2.45, 2.75) is 51.2 Å². The lowest BCUT2D eigenvalue weighted by Gasteiger charge is -2.32. The second-order valence-corrected chi connectivity index (χ2v) is 11.2. The van der Waals surface area contributed by atoms with Gasteiger partial charge in [0.05, 0.1) is 24.1 Å². The summed E-state index contributed by atoms with van der Waals surface area (Å²) in [6.07, 6.45) is 4.73. The highest BCUT2D eigenvalue weighted by molar-refractivity contribution is 7.92. The average Bonchev–Trinajstić information content (AvgIpc) is 3.33. The molecule has 1 saturated carbocycles. The lowest BCUT2D eigenvalue weighted by molar-refractivity contribution is -0.139. The molecular weight excluding hydrogens is 509 g/mol. The molecule has 1 aliphatic carbocycles. The molecule has 0 saturated heterocycles. The van der Waals surface area contributed by atoms with Crippen molar-refractivity contribution < 1.29 is 27.1 Å². The van der Waals surface area contributed by atoms with E-state index in [1.165, 1.54) is 48.4 Å². The molecule has 0 bridgehead atoms. The van der Waals surface area contributed by atoms with Crippen molar-refractivity contribution in [1.29, 1.82) is 0 Å². The summed E-state index contributed by atoms with van der Waals surface area (Å²) in [6.45, 7) is 0.751. The van der Waals surface area contributed by atoms with Gasteiger partial charge in [-0.15, -0.1) is 0 Å². The van der Waals surface area contributed by atoms with Crippen molar-refractivity contribution in [3.05, 3.63) is 58.9 Å². The van der Waals surface area contributed by atoms with E-state index in [9.17, 15) is 22.4 Å². The predicted molar refractivity (Wildman–Crippen MR) is 137 cm³/mol. The van der Waals surface area contributed by atoms with Gasteiger partial charge in [-0.05, 0) is 44.0 Å². The molecule has 1 atom stereocenters. The minimum Gasteiger partial charge on any atom is -0.495 e. The summed E-state index contributed by atoms with van der Waals surface area (Å²) >= 11 is 6.18. The predicted octanol–water partition coefficient (Wildman–Crippen LogP) is 3.73. The van der Waals surface area contributed by atoms with Gasteiger partial charge in [-0.1, -0.05) is 42.6 Å². The number of carbonyl (C=O) groups excluding carboxylic acids is 2. The summed E-state index contributed by atoms with van der Waals surface area (Å²) in [5, 5.41) is 3.13. The Hall–Kier alpha value is -2.85. The number of halogens is 2. The van der Waals surface area contributed by atoms with Crippen LogP contribution < -0.4 is 14.4 Å². The van der Waals surface area contributed by atoms with Crippen LogP contribution in [-0.4, -0.2) is 57.1 Å². The number of carbonyl (C=O) groups is 2. The van der Waals surface area contributed by atoms with E-state index < -0.39 is 34.3 Å². The fourth-order valence-corrected chi connectivity index (χ4v) is 5.30. The van der Waals surface area contributed by atoms with Gasteiger partial charge in [-0.2, -0.15) is 0 Å². The maximum atomic E-state index is 14.5. The van der Waals surface area contributed by atoms with Crippen molar-refractivity contribution in [2.75, 3.05) is 24.2 Å². The maximum absolute atomic E-state index is 14.5. The van der Waals surface area contributed by atoms with Gasteiger partial charge >= 0.3 is 0 Å². The van der Waals surface area contributed by atoms with Crippen molar-refractivity contribution in [2.24, 2.45) is 0 Å². The molecule has 1 fully saturated rings. The number of methoxy groups -OCH3 is 1. The summed E-state index contributed by atoms with van der Waals surface area (Å²) in [7, 11) is -2.49. The first-order valence-corrected chi connectivity index (χ1v) is 13.9. The highest BCUT2D eigenvalue weighted by Gasteiger charge is 2.32. The Bertz CT molecular complexity index is 1200. The largest absolute Gasteiger partial charge is 0.495 e. The highest BCUT2D eigenvalue weighted by Crippen LogP contribution is 2.30. The van der Waals surface area contributed by atoms with Gasteiger partial charge < -0.3 is 15.0 Å². The number of nitrogens with one attached hydrogen (secondary N) is 1. The van der Waals surface area contributed by atoms with Gasteiger partial charge in [0.1, 0.15) is 24.2 Å². The number of nitrogens with zero attached hydrogens (tertiary/aromatic N) is 2. The molecular formula is C25H31ClFN3O5S. The molecule has 1 aliphatic rings. The van der Waals surface area contributed by atoms with Crippen LogP contribution in [0.4, 0.5) is 10.1 Å². The second-order valence-electron chi connectivity index (χ2n) is 8.87. The summed E-state index contributed by atoms with van der Waals surface area (Å²) < 4.78 is 45.8. The van der Waals surface area contributed by atoms with E-state index in [-0.39, 0.29) is 34.8 Å². The lowest BCUT2D eigenvalue weighted by Crippen LogP contribution is -2.52. The molecule has 1 N–H and O–H groups in total. The Labute approximate surface area is 216 Å². The van der Waals surface area contributed by atoms with Crippen LogP contribution in [0.15, 0.2) is 42.5 Å². The van der Waals surface area contributed by atoms with Gasteiger partial charge in [0.25, 0.3) is 0 Å². The van der Waals surface area contributed by atoms with E-state index >= 15 is 0 Å². The number of hydrogen-bond acceptors (Lipinski definition) is 5. The van der Waals surface area contributed by atoms with E-state index in [1.54, 1.807) is 13.0 Å². The van der Waals surface area contributed by atoms with E-state index in [1.807, 2.05) is 0 Å². The monoisotopic (exact) mass is 539 g/mol. The van der Waals surface area contributed by atoms with Crippen LogP contribution in [-0.2, 0) is 26.2 Å². The van der Waals surface area contributed by atoms with Crippen molar-refractivity contribution in [1.82, 2.24) is 10.2 Å². The Balaban J connectivity index is 1.91. The smallest absolute Gasteiger partial charge is 0.244 e. The third-order valence-corrected chi connectivity index (χ3v) is 7.71. The summed E-state index contributed by atoms with van der Waals surface area (Å²) in [6, 6.07) is 9.36. The number of amides is 2. The van der Waals surface area contributed by atoms with Crippen LogP contribution in [0.3, 0.4) is 0 Å². The van der Waals surface area contributed by atoms with E-state index in [0.717, 1.165) is 36.2 Å². The molecule has 0 radical (unpaired) electrons. The minimum atomic E-state index is -3.92. The number of hydrogen-bond donors (Lipinski definition) is 1. The average molecular weight is 540 g/mol. The first kappa shape index (κ1) is 27.7. The van der Waals surface area contributed by atoms with Crippen LogP contribution >= 0.6 is 11.6 Å². The first-order valence-electron chi connectivity index (χ1n) is 11.7. The number of ether oxygens (including phenoxy) is 1. The van der Waals surface area contributed by atoms with Crippen LogP contribution in [0.1, 0.15) is 38.2 Å². The van der Waals surface area contributed by atoms with Gasteiger partial charge in [-0.25, -0.2) is 12.8 Å². The van der Waals surface area contributed by atoms with Gasteiger partial charge in [0.15, 0.2) is 0 Å². The number of sulfonamides is 1. The molecule has 2 aromatic carbocycles. The molecule has 0 unspecified atom stereocenters. The Kier molecular flexibility index (Phi) is 9.19. The zero-order valence-electron chi connectivity index (χ0n) is 20.5. The van der Waals surface area contributed by atoms with Gasteiger partial charge in [0.2, 0.25) is 21.8 Å². The second kappa shape index (κ2) is 11.9. The summed E-state index contributed by atoms with van der Waals surface area (Å²) in [5.41, 5.74) is 0.371. The molecule has 0 heterocycles. The fourth-order valence-electron chi connectivity index (χ4n) is 4.21. The van der Waals surface area contributed by atoms with Crippen LogP contribution in [0.2, 0.25) is 5.02 Å². The summed E-state index contributed by atoms with van der Waals surface area (Å²) in [4.78, 5) is 27.8. The SMILES string of the molecule is COc1ccc(N(CC(=O)N(Cc2ccccc2F)[C@H](C)C(=O)NC2CCCC2)S(C)(=O)=O)cc1Cl. The molecule has 36 heavy (non-hydrogen) atoms. The fraction of sp³-hybridized carbons (Fsp3) is 0.440. The Morgan fingerprint density at radius 3 is 2.44 bits per heavy atom. The number of benzene rings is 2. The molecule has 0 aromatic heterocycles. The first-order chi connectivity index (χ1) is 17.0. The van der Waals surface area contributed by atoms with Crippen LogP contribution in [0, 0.1) is 5.82 Å². The van der Waals surface area contributed by atoms with Crippen molar-refractivity contribution in [3.8, 4) is 5.75 Å². The van der Waals surface area contributed by atoms with E-state index in [4.69, 9.17) is 16.3 Å². The molecule has 2 aromatic rings. The molecule has 0 spiro atoms. The quantitative estimate of drug-likeness (QED) is 0.496. The molecule has 8 nitrogen and oxygen atoms in total. The van der Waals surface area contributed by atoms with Gasteiger partial charge in [-0.3, -0.25) is 13.9 Å². The molecule has 3 rings (SSSR count). The normalized spacial score (nSPS) is 14.8.